The van der Waals surface area contributed by atoms with E-state index in [0.29, 0.717) is 11.3 Å². The van der Waals surface area contributed by atoms with E-state index in [-0.39, 0.29) is 24.3 Å². The minimum Gasteiger partial charge on any atom is -0.452 e. The number of amides is 1. The number of benzene rings is 2. The molecule has 0 unspecified atom stereocenters. The average Bonchev–Trinajstić information content (AvgIpc) is 2.65. The Balaban J connectivity index is 2.11. The van der Waals surface area contributed by atoms with Gasteiger partial charge in [-0.05, 0) is 35.1 Å². The summed E-state index contributed by atoms with van der Waals surface area (Å²) in [5.74, 6) is -0.343. The quantitative estimate of drug-likeness (QED) is 0.691. The monoisotopic (exact) mass is 368 g/mol. The fraction of sp³-hybridized carbons (Fsp3) is 0.364. The van der Waals surface area contributed by atoms with E-state index in [4.69, 9.17) is 4.74 Å². The van der Waals surface area contributed by atoms with Crippen LogP contribution in [0.1, 0.15) is 61.0 Å². The predicted octanol–water partition coefficient (Wildman–Crippen LogP) is 4.77. The number of hydrogen-bond donors (Lipinski definition) is 2. The van der Waals surface area contributed by atoms with E-state index in [1.807, 2.05) is 24.3 Å². The number of hydrogen-bond acceptors (Lipinski definition) is 4. The van der Waals surface area contributed by atoms with Crippen LogP contribution in [0, 0.1) is 0 Å². The van der Waals surface area contributed by atoms with Crippen LogP contribution in [0.4, 0.5) is 11.4 Å². The van der Waals surface area contributed by atoms with Crippen molar-refractivity contribution in [3.05, 3.63) is 59.2 Å². The van der Waals surface area contributed by atoms with Gasteiger partial charge in [0.25, 0.3) is 5.91 Å². The number of nitrogens with one attached hydrogen (secondary N) is 2. The van der Waals surface area contributed by atoms with Crippen molar-refractivity contribution in [1.29, 1.82) is 0 Å². The number of esters is 1. The summed E-state index contributed by atoms with van der Waals surface area (Å²) in [7, 11) is 1.73. The van der Waals surface area contributed by atoms with Crippen molar-refractivity contribution in [1.82, 2.24) is 0 Å². The van der Waals surface area contributed by atoms with Gasteiger partial charge in [0.05, 0.1) is 5.56 Å². The third kappa shape index (κ3) is 5.09. The maximum Gasteiger partial charge on any atom is 0.340 e. The molecule has 0 radical (unpaired) electrons. The lowest BCUT2D eigenvalue weighted by Crippen LogP contribution is -2.23. The summed E-state index contributed by atoms with van der Waals surface area (Å²) < 4.78 is 5.21. The molecule has 5 heteroatoms. The lowest BCUT2D eigenvalue weighted by atomic mass is 9.92. The van der Waals surface area contributed by atoms with E-state index in [1.165, 1.54) is 0 Å². The van der Waals surface area contributed by atoms with Crippen LogP contribution >= 0.6 is 0 Å². The van der Waals surface area contributed by atoms with Gasteiger partial charge in [0.15, 0.2) is 6.61 Å². The summed E-state index contributed by atoms with van der Waals surface area (Å²) in [4.78, 5) is 24.7. The van der Waals surface area contributed by atoms with Crippen molar-refractivity contribution in [2.75, 3.05) is 24.3 Å². The molecule has 0 aliphatic carbocycles. The minimum atomic E-state index is -0.531. The van der Waals surface area contributed by atoms with Gasteiger partial charge in [0.2, 0.25) is 0 Å². The van der Waals surface area contributed by atoms with Crippen LogP contribution in [0.3, 0.4) is 0 Å². The fourth-order valence-electron chi connectivity index (χ4n) is 2.96. The highest BCUT2D eigenvalue weighted by Crippen LogP contribution is 2.32. The zero-order valence-electron chi connectivity index (χ0n) is 16.6. The Hall–Kier alpha value is -2.82. The molecule has 0 atom stereocenters. The summed E-state index contributed by atoms with van der Waals surface area (Å²) in [6.07, 6.45) is 0. The van der Waals surface area contributed by atoms with Crippen LogP contribution in [0.15, 0.2) is 42.5 Å². The maximum atomic E-state index is 12.4. The predicted molar refractivity (Wildman–Crippen MR) is 110 cm³/mol. The molecular weight excluding hydrogens is 340 g/mol. The third-order valence-corrected chi connectivity index (χ3v) is 4.39. The Kier molecular flexibility index (Phi) is 6.99. The highest BCUT2D eigenvalue weighted by atomic mass is 16.5. The van der Waals surface area contributed by atoms with E-state index in [0.717, 1.165) is 16.8 Å². The molecule has 1 amide bonds. The average molecular weight is 368 g/mol. The van der Waals surface area contributed by atoms with Gasteiger partial charge in [-0.1, -0.05) is 58.0 Å². The van der Waals surface area contributed by atoms with Gasteiger partial charge < -0.3 is 15.4 Å². The first-order valence-corrected chi connectivity index (χ1v) is 9.21. The molecule has 0 aliphatic heterocycles. The first-order chi connectivity index (χ1) is 12.8. The Morgan fingerprint density at radius 3 is 2.07 bits per heavy atom. The lowest BCUT2D eigenvalue weighted by Gasteiger charge is -2.20. The molecule has 2 aromatic carbocycles. The number of carbonyl (C=O) groups excluding carboxylic acids is 2. The number of ether oxygens (including phenoxy) is 1. The van der Waals surface area contributed by atoms with E-state index >= 15 is 0 Å². The van der Waals surface area contributed by atoms with E-state index in [2.05, 4.69) is 38.3 Å². The standard InChI is InChI=1S/C22H28N2O3/c1-14(2)16-10-8-11-17(15(3)4)21(16)24-20(25)13-27-22(26)18-9-6-7-12-19(18)23-5/h6-12,14-15,23H,13H2,1-5H3,(H,24,25). The third-order valence-electron chi connectivity index (χ3n) is 4.39. The Morgan fingerprint density at radius 1 is 0.926 bits per heavy atom. The second-order valence-electron chi connectivity index (χ2n) is 7.04. The van der Waals surface area contributed by atoms with Crippen molar-refractivity contribution < 1.29 is 14.3 Å². The number of anilines is 2. The van der Waals surface area contributed by atoms with Crippen molar-refractivity contribution >= 4 is 23.3 Å². The number of para-hydroxylation sites is 2. The molecule has 0 fully saturated rings. The van der Waals surface area contributed by atoms with Crippen LogP contribution in [-0.2, 0) is 9.53 Å². The SMILES string of the molecule is CNc1ccccc1C(=O)OCC(=O)Nc1c(C(C)C)cccc1C(C)C. The summed E-state index contributed by atoms with van der Waals surface area (Å²) >= 11 is 0. The molecule has 0 saturated carbocycles. The first kappa shape index (κ1) is 20.5. The summed E-state index contributed by atoms with van der Waals surface area (Å²) in [6, 6.07) is 13.1. The van der Waals surface area contributed by atoms with E-state index in [9.17, 15) is 9.59 Å². The van der Waals surface area contributed by atoms with Gasteiger partial charge in [-0.25, -0.2) is 4.79 Å². The van der Waals surface area contributed by atoms with Crippen molar-refractivity contribution in [3.8, 4) is 0 Å². The van der Waals surface area contributed by atoms with Gasteiger partial charge in [0.1, 0.15) is 0 Å². The molecule has 144 valence electrons. The molecule has 2 rings (SSSR count). The van der Waals surface area contributed by atoms with Gasteiger partial charge in [0, 0.05) is 18.4 Å². The summed E-state index contributed by atoms with van der Waals surface area (Å²) in [6.45, 7) is 8.02. The van der Waals surface area contributed by atoms with Crippen molar-refractivity contribution in [2.24, 2.45) is 0 Å². The molecule has 0 aliphatic rings. The molecule has 0 heterocycles. The number of carbonyl (C=O) groups is 2. The molecule has 0 saturated heterocycles. The molecule has 2 aromatic rings. The largest absolute Gasteiger partial charge is 0.452 e. The maximum absolute atomic E-state index is 12.4. The summed E-state index contributed by atoms with van der Waals surface area (Å²) in [5, 5.41) is 5.89. The molecular formula is C22H28N2O3. The zero-order valence-corrected chi connectivity index (χ0v) is 16.6. The molecule has 0 aromatic heterocycles. The molecule has 27 heavy (non-hydrogen) atoms. The first-order valence-electron chi connectivity index (χ1n) is 9.21. The van der Waals surface area contributed by atoms with Crippen LogP contribution in [0.25, 0.3) is 0 Å². The van der Waals surface area contributed by atoms with Crippen LogP contribution < -0.4 is 10.6 Å². The van der Waals surface area contributed by atoms with E-state index in [1.54, 1.807) is 25.2 Å². The second kappa shape index (κ2) is 9.21. The van der Waals surface area contributed by atoms with Crippen molar-refractivity contribution in [3.63, 3.8) is 0 Å². The highest BCUT2D eigenvalue weighted by molar-refractivity contribution is 5.99. The van der Waals surface area contributed by atoms with Gasteiger partial charge in [-0.3, -0.25) is 4.79 Å². The number of rotatable bonds is 7. The highest BCUT2D eigenvalue weighted by Gasteiger charge is 2.18. The Bertz CT molecular complexity index is 787. The lowest BCUT2D eigenvalue weighted by molar-refractivity contribution is -0.119. The Labute approximate surface area is 161 Å². The topological polar surface area (TPSA) is 67.4 Å². The minimum absolute atomic E-state index is 0.268. The second-order valence-corrected chi connectivity index (χ2v) is 7.04. The van der Waals surface area contributed by atoms with Crippen LogP contribution in [-0.4, -0.2) is 25.5 Å². The Morgan fingerprint density at radius 2 is 1.52 bits per heavy atom. The molecule has 5 nitrogen and oxygen atoms in total. The van der Waals surface area contributed by atoms with Gasteiger partial charge in [-0.15, -0.1) is 0 Å². The van der Waals surface area contributed by atoms with Gasteiger partial charge >= 0.3 is 5.97 Å². The fourth-order valence-corrected chi connectivity index (χ4v) is 2.96. The normalized spacial score (nSPS) is 10.8. The van der Waals surface area contributed by atoms with Gasteiger partial charge in [-0.2, -0.15) is 0 Å². The van der Waals surface area contributed by atoms with Crippen LogP contribution in [0.2, 0.25) is 0 Å². The zero-order chi connectivity index (χ0) is 20.0. The van der Waals surface area contributed by atoms with E-state index < -0.39 is 5.97 Å². The molecule has 0 spiro atoms. The molecule has 2 N–H and O–H groups in total. The summed E-state index contributed by atoms with van der Waals surface area (Å²) in [5.41, 5.74) is 4.02. The van der Waals surface area contributed by atoms with Crippen molar-refractivity contribution in [2.45, 2.75) is 39.5 Å². The molecule has 0 bridgehead atoms. The van der Waals surface area contributed by atoms with Crippen LogP contribution in [0.5, 0.6) is 0 Å². The smallest absolute Gasteiger partial charge is 0.340 e.